The molecule has 0 aliphatic rings. The number of hydrogen-bond acceptors (Lipinski definition) is 1. The Balaban J connectivity index is 3.13. The molecule has 0 heterocycles. The Bertz CT molecular complexity index is 332. The van der Waals surface area contributed by atoms with Gasteiger partial charge in [-0.1, -0.05) is 12.1 Å². The van der Waals surface area contributed by atoms with E-state index in [0.717, 1.165) is 0 Å². The highest BCUT2D eigenvalue weighted by Gasteiger charge is 2.30. The van der Waals surface area contributed by atoms with Crippen LogP contribution < -0.4 is 0 Å². The third kappa shape index (κ3) is 2.36. The number of hydrogen-bond donors (Lipinski definition) is 0. The average Bonchev–Trinajstić information content (AvgIpc) is 2.03. The van der Waals surface area contributed by atoms with Gasteiger partial charge >= 0.3 is 6.18 Å². The van der Waals surface area contributed by atoms with Crippen molar-refractivity contribution in [3.05, 3.63) is 35.4 Å². The van der Waals surface area contributed by atoms with Gasteiger partial charge in [-0.15, -0.1) is 0 Å². The van der Waals surface area contributed by atoms with E-state index in [-0.39, 0.29) is 5.56 Å². The molecule has 1 nitrogen and oxygen atoms in total. The van der Waals surface area contributed by atoms with E-state index in [2.05, 4.69) is 12.1 Å². The van der Waals surface area contributed by atoms with Gasteiger partial charge in [-0.2, -0.15) is 13.2 Å². The summed E-state index contributed by atoms with van der Waals surface area (Å²) >= 11 is 4.97. The van der Waals surface area contributed by atoms with Gasteiger partial charge in [0.1, 0.15) is 0 Å². The summed E-state index contributed by atoms with van der Waals surface area (Å²) in [6.45, 7) is 0. The first-order valence-corrected chi connectivity index (χ1v) is 3.49. The highest BCUT2D eigenvalue weighted by Crippen LogP contribution is 2.28. The zero-order chi connectivity index (χ0) is 10.1. The van der Waals surface area contributed by atoms with Gasteiger partial charge in [0.2, 0.25) is 0 Å². The number of rotatable bonds is 1. The molecule has 0 fully saturated rings. The van der Waals surface area contributed by atoms with Crippen molar-refractivity contribution >= 4 is 16.8 Å². The predicted molar refractivity (Wildman–Crippen MR) is 39.3 cm³/mol. The molecule has 0 spiro atoms. The smallest absolute Gasteiger partial charge is 0.275 e. The molecular formula is C8H2ClF3O. The van der Waals surface area contributed by atoms with E-state index >= 15 is 0 Å². The largest absolute Gasteiger partial charge is 0.417 e. The van der Waals surface area contributed by atoms with Crippen LogP contribution in [0.5, 0.6) is 0 Å². The lowest BCUT2D eigenvalue weighted by molar-refractivity contribution is -0.137. The van der Waals surface area contributed by atoms with Crippen molar-refractivity contribution in [2.45, 2.75) is 6.18 Å². The minimum absolute atomic E-state index is 0.337. The molecule has 5 heteroatoms. The number of alkyl halides is 3. The second kappa shape index (κ2) is 3.27. The molecule has 68 valence electrons. The van der Waals surface area contributed by atoms with Gasteiger partial charge in [0.15, 0.2) is 0 Å². The van der Waals surface area contributed by atoms with Crippen molar-refractivity contribution in [3.8, 4) is 0 Å². The molecule has 0 bridgehead atoms. The highest BCUT2D eigenvalue weighted by atomic mass is 35.5. The number of halogens is 4. The first kappa shape index (κ1) is 9.87. The molecule has 0 radical (unpaired) electrons. The Labute approximate surface area is 77.1 Å². The molecule has 13 heavy (non-hydrogen) atoms. The second-order valence-electron chi connectivity index (χ2n) is 2.20. The molecule has 0 atom stereocenters. The summed E-state index contributed by atoms with van der Waals surface area (Å²) in [5, 5.41) is -0.984. The van der Waals surface area contributed by atoms with Crippen LogP contribution in [0.25, 0.3) is 0 Å². The Morgan fingerprint density at radius 2 is 2.08 bits per heavy atom. The standard InChI is InChI=1S/C8H2ClF3O/c9-7(13)5-2-1-3-6(4-5)8(10,11)12/h3-4H. The third-order valence-corrected chi connectivity index (χ3v) is 1.48. The van der Waals surface area contributed by atoms with Crippen LogP contribution in [0.1, 0.15) is 15.9 Å². The zero-order valence-corrected chi connectivity index (χ0v) is 6.83. The van der Waals surface area contributed by atoms with Gasteiger partial charge in [-0.3, -0.25) is 4.79 Å². The summed E-state index contributed by atoms with van der Waals surface area (Å²) in [5.74, 6) is 0. The maximum Gasteiger partial charge on any atom is 0.417 e. The van der Waals surface area contributed by atoms with E-state index in [1.54, 1.807) is 0 Å². The van der Waals surface area contributed by atoms with Crippen LogP contribution in [-0.2, 0) is 6.18 Å². The third-order valence-electron chi connectivity index (χ3n) is 1.27. The van der Waals surface area contributed by atoms with Gasteiger partial charge in [-0.25, -0.2) is 0 Å². The topological polar surface area (TPSA) is 17.1 Å². The molecule has 0 amide bonds. The average molecular weight is 207 g/mol. The first-order chi connectivity index (χ1) is 5.91. The van der Waals surface area contributed by atoms with Crippen LogP contribution in [-0.4, -0.2) is 5.24 Å². The number of carbonyl (C=O) groups excluding carboxylic acids is 1. The maximum atomic E-state index is 12.0. The van der Waals surface area contributed by atoms with E-state index in [4.69, 9.17) is 11.6 Å². The Morgan fingerprint density at radius 1 is 1.46 bits per heavy atom. The first-order valence-electron chi connectivity index (χ1n) is 3.11. The fourth-order valence-electron chi connectivity index (χ4n) is 0.694. The van der Waals surface area contributed by atoms with Crippen molar-refractivity contribution in [1.29, 1.82) is 0 Å². The van der Waals surface area contributed by atoms with Gasteiger partial charge in [0.05, 0.1) is 11.1 Å². The van der Waals surface area contributed by atoms with Crippen LogP contribution in [0, 0.1) is 12.1 Å². The SMILES string of the molecule is O=C(Cl)c1c#ccc(C(F)(F)F)c1. The molecule has 0 aliphatic heterocycles. The number of carbonyl (C=O) groups is 1. The molecular weight excluding hydrogens is 205 g/mol. The molecule has 0 saturated carbocycles. The summed E-state index contributed by atoms with van der Waals surface area (Å²) in [5.41, 5.74) is -1.30. The molecule has 1 rings (SSSR count). The normalized spacial score (nSPS) is 10.8. The quantitative estimate of drug-likeness (QED) is 0.646. The Hall–Kier alpha value is -1.21. The van der Waals surface area contributed by atoms with Crippen molar-refractivity contribution in [3.63, 3.8) is 0 Å². The molecule has 0 saturated heterocycles. The van der Waals surface area contributed by atoms with Crippen molar-refractivity contribution in [2.24, 2.45) is 0 Å². The summed E-state index contributed by atoms with van der Waals surface area (Å²) < 4.78 is 36.1. The molecule has 0 aliphatic carbocycles. The van der Waals surface area contributed by atoms with Gasteiger partial charge < -0.3 is 0 Å². The molecule has 1 aromatic carbocycles. The van der Waals surface area contributed by atoms with Crippen LogP contribution in [0.15, 0.2) is 12.1 Å². The summed E-state index contributed by atoms with van der Waals surface area (Å²) in [6.07, 6.45) is -4.49. The van der Waals surface area contributed by atoms with E-state index in [1.807, 2.05) is 0 Å². The Morgan fingerprint density at radius 3 is 2.54 bits per heavy atom. The van der Waals surface area contributed by atoms with Crippen molar-refractivity contribution < 1.29 is 18.0 Å². The lowest BCUT2D eigenvalue weighted by Crippen LogP contribution is -2.05. The fourth-order valence-corrected chi connectivity index (χ4v) is 0.796. The summed E-state index contributed by atoms with van der Waals surface area (Å²) in [6, 6.07) is 5.57. The van der Waals surface area contributed by atoms with Gasteiger partial charge in [-0.05, 0) is 17.7 Å². The summed E-state index contributed by atoms with van der Waals surface area (Å²) in [4.78, 5) is 10.5. The highest BCUT2D eigenvalue weighted by molar-refractivity contribution is 6.67. The second-order valence-corrected chi connectivity index (χ2v) is 2.54. The van der Waals surface area contributed by atoms with E-state index < -0.39 is 17.0 Å². The molecule has 0 N–H and O–H groups in total. The van der Waals surface area contributed by atoms with Crippen LogP contribution in [0.3, 0.4) is 0 Å². The lowest BCUT2D eigenvalue weighted by atomic mass is 10.2. The Kier molecular flexibility index (Phi) is 2.48. The predicted octanol–water partition coefficient (Wildman–Crippen LogP) is 2.68. The van der Waals surface area contributed by atoms with Crippen molar-refractivity contribution in [2.75, 3.05) is 0 Å². The van der Waals surface area contributed by atoms with Crippen LogP contribution in [0.4, 0.5) is 13.2 Å². The minimum atomic E-state index is -4.49. The molecule has 0 aromatic heterocycles. The van der Waals surface area contributed by atoms with E-state index in [9.17, 15) is 18.0 Å². The van der Waals surface area contributed by atoms with E-state index in [0.29, 0.717) is 12.1 Å². The zero-order valence-electron chi connectivity index (χ0n) is 6.07. The monoisotopic (exact) mass is 206 g/mol. The lowest BCUT2D eigenvalue weighted by Gasteiger charge is -2.04. The minimum Gasteiger partial charge on any atom is -0.275 e. The van der Waals surface area contributed by atoms with Crippen molar-refractivity contribution in [1.82, 2.24) is 0 Å². The molecule has 1 aromatic rings. The fraction of sp³-hybridized carbons (Fsp3) is 0.125. The van der Waals surface area contributed by atoms with Crippen LogP contribution >= 0.6 is 11.6 Å². The van der Waals surface area contributed by atoms with Gasteiger partial charge in [0, 0.05) is 6.07 Å². The van der Waals surface area contributed by atoms with Gasteiger partial charge in [0.25, 0.3) is 5.24 Å². The molecule has 0 unspecified atom stereocenters. The summed E-state index contributed by atoms with van der Waals surface area (Å²) in [7, 11) is 0. The van der Waals surface area contributed by atoms with E-state index in [1.165, 1.54) is 0 Å². The van der Waals surface area contributed by atoms with Crippen LogP contribution in [0.2, 0.25) is 0 Å². The maximum absolute atomic E-state index is 12.0.